The second-order valence-electron chi connectivity index (χ2n) is 6.94. The van der Waals surface area contributed by atoms with Crippen LogP contribution in [0.25, 0.3) is 0 Å². The monoisotopic (exact) mass is 416 g/mol. The third-order valence-corrected chi connectivity index (χ3v) is 5.03. The molecule has 0 aromatic heterocycles. The molecule has 1 fully saturated rings. The lowest BCUT2D eigenvalue weighted by molar-refractivity contribution is -0.133. The van der Waals surface area contributed by atoms with Gasteiger partial charge in [-0.05, 0) is 16.7 Å². The largest absolute Gasteiger partial charge is 0.510 e. The highest BCUT2D eigenvalue weighted by atomic mass is 16.7. The van der Waals surface area contributed by atoms with Crippen molar-refractivity contribution >= 4 is 18.1 Å². The lowest BCUT2D eigenvalue weighted by Gasteiger charge is -2.27. The molecule has 1 aliphatic rings. The first-order valence-corrected chi connectivity index (χ1v) is 9.70. The Morgan fingerprint density at radius 1 is 0.774 bits per heavy atom. The average molecular weight is 416 g/mol. The highest BCUT2D eigenvalue weighted by Crippen LogP contribution is 2.35. The van der Waals surface area contributed by atoms with Gasteiger partial charge in [0.2, 0.25) is 0 Å². The second-order valence-corrected chi connectivity index (χ2v) is 6.94. The van der Waals surface area contributed by atoms with E-state index in [9.17, 15) is 14.4 Å². The molecule has 1 N–H and O–H groups in total. The number of rotatable bonds is 6. The van der Waals surface area contributed by atoms with E-state index in [-0.39, 0.29) is 6.61 Å². The van der Waals surface area contributed by atoms with E-state index in [1.165, 1.54) is 0 Å². The molecule has 7 heteroatoms. The molecular formula is C24H20N2O5. The van der Waals surface area contributed by atoms with Crippen LogP contribution >= 0.6 is 0 Å². The van der Waals surface area contributed by atoms with Crippen molar-refractivity contribution in [3.63, 3.8) is 0 Å². The summed E-state index contributed by atoms with van der Waals surface area (Å²) in [5, 5.41) is 2.79. The minimum atomic E-state index is -1.41. The van der Waals surface area contributed by atoms with E-state index in [1.807, 2.05) is 30.3 Å². The van der Waals surface area contributed by atoms with Gasteiger partial charge in [0.25, 0.3) is 5.91 Å². The lowest BCUT2D eigenvalue weighted by atomic mass is 9.83. The van der Waals surface area contributed by atoms with Gasteiger partial charge in [-0.25, -0.2) is 14.5 Å². The van der Waals surface area contributed by atoms with Gasteiger partial charge < -0.3 is 14.8 Å². The van der Waals surface area contributed by atoms with E-state index in [1.54, 1.807) is 60.7 Å². The number of benzene rings is 3. The van der Waals surface area contributed by atoms with Crippen molar-refractivity contribution in [1.29, 1.82) is 0 Å². The zero-order valence-electron chi connectivity index (χ0n) is 16.6. The van der Waals surface area contributed by atoms with Crippen LogP contribution in [-0.2, 0) is 26.4 Å². The third-order valence-electron chi connectivity index (χ3n) is 5.03. The molecule has 0 unspecified atom stereocenters. The fraction of sp³-hybridized carbons (Fsp3) is 0.125. The van der Waals surface area contributed by atoms with Crippen molar-refractivity contribution in [1.82, 2.24) is 10.2 Å². The smallest absolute Gasteiger partial charge is 0.429 e. The van der Waals surface area contributed by atoms with Gasteiger partial charge in [-0.1, -0.05) is 91.0 Å². The Morgan fingerprint density at radius 2 is 1.29 bits per heavy atom. The number of carbonyl (C=O) groups excluding carboxylic acids is 3. The Hall–Kier alpha value is -4.13. The van der Waals surface area contributed by atoms with Crippen LogP contribution in [0.3, 0.4) is 0 Å². The van der Waals surface area contributed by atoms with Crippen molar-refractivity contribution < 1.29 is 23.9 Å². The van der Waals surface area contributed by atoms with Gasteiger partial charge >= 0.3 is 12.2 Å². The third kappa shape index (κ3) is 3.98. The molecule has 3 aromatic carbocycles. The molecule has 0 aliphatic carbocycles. The maximum absolute atomic E-state index is 13.4. The summed E-state index contributed by atoms with van der Waals surface area (Å²) in [4.78, 5) is 39.0. The van der Waals surface area contributed by atoms with Crippen LogP contribution in [0.15, 0.2) is 91.0 Å². The molecule has 156 valence electrons. The number of imide groups is 1. The first-order valence-electron chi connectivity index (χ1n) is 9.70. The molecule has 4 rings (SSSR count). The van der Waals surface area contributed by atoms with Crippen molar-refractivity contribution in [3.8, 4) is 0 Å². The Morgan fingerprint density at radius 3 is 1.84 bits per heavy atom. The highest BCUT2D eigenvalue weighted by Gasteiger charge is 2.54. The van der Waals surface area contributed by atoms with Gasteiger partial charge in [-0.2, -0.15) is 0 Å². The average Bonchev–Trinajstić information content (AvgIpc) is 3.08. The van der Waals surface area contributed by atoms with Gasteiger partial charge in [0.05, 0.1) is 0 Å². The zero-order valence-corrected chi connectivity index (χ0v) is 16.6. The van der Waals surface area contributed by atoms with E-state index in [4.69, 9.17) is 9.47 Å². The fourth-order valence-corrected chi connectivity index (χ4v) is 3.50. The standard InChI is InChI=1S/C24H20N2O5/c27-21-24(19-12-6-2-7-13-19,20-14-8-3-9-15-20)25-22(28)26(21)17-31-23(29)30-16-18-10-4-1-5-11-18/h1-15H,16-17H2,(H,25,28). The van der Waals surface area contributed by atoms with Crippen LogP contribution in [0.2, 0.25) is 0 Å². The summed E-state index contributed by atoms with van der Waals surface area (Å²) in [5.74, 6) is -0.536. The molecule has 1 saturated heterocycles. The molecule has 3 aromatic rings. The number of hydrogen-bond acceptors (Lipinski definition) is 5. The maximum Gasteiger partial charge on any atom is 0.510 e. The van der Waals surface area contributed by atoms with Gasteiger partial charge in [0.15, 0.2) is 12.3 Å². The number of urea groups is 1. The van der Waals surface area contributed by atoms with Gasteiger partial charge in [0, 0.05) is 0 Å². The topological polar surface area (TPSA) is 84.9 Å². The van der Waals surface area contributed by atoms with Crippen LogP contribution in [0, 0.1) is 0 Å². The highest BCUT2D eigenvalue weighted by molar-refractivity contribution is 6.09. The number of carbonyl (C=O) groups is 3. The summed E-state index contributed by atoms with van der Waals surface area (Å²) in [6.45, 7) is -0.530. The Bertz CT molecular complexity index is 1030. The molecule has 31 heavy (non-hydrogen) atoms. The zero-order chi connectivity index (χ0) is 21.7. The van der Waals surface area contributed by atoms with Crippen LogP contribution in [0.5, 0.6) is 0 Å². The fourth-order valence-electron chi connectivity index (χ4n) is 3.50. The minimum absolute atomic E-state index is 0.0256. The van der Waals surface area contributed by atoms with Crippen LogP contribution in [0.4, 0.5) is 9.59 Å². The van der Waals surface area contributed by atoms with Crippen molar-refractivity contribution in [2.45, 2.75) is 12.1 Å². The van der Waals surface area contributed by atoms with Gasteiger partial charge in [-0.3, -0.25) is 4.79 Å². The van der Waals surface area contributed by atoms with Crippen LogP contribution in [0.1, 0.15) is 16.7 Å². The quantitative estimate of drug-likeness (QED) is 0.488. The number of hydrogen-bond donors (Lipinski definition) is 1. The molecule has 7 nitrogen and oxygen atoms in total. The molecule has 1 aliphatic heterocycles. The number of amides is 3. The predicted molar refractivity (Wildman–Crippen MR) is 112 cm³/mol. The molecule has 0 bridgehead atoms. The second kappa shape index (κ2) is 8.71. The molecule has 0 spiro atoms. The van der Waals surface area contributed by atoms with Crippen molar-refractivity contribution in [2.24, 2.45) is 0 Å². The molecule has 0 saturated carbocycles. The van der Waals surface area contributed by atoms with Gasteiger partial charge in [0.1, 0.15) is 6.61 Å². The molecule has 3 amide bonds. The minimum Gasteiger partial charge on any atom is -0.429 e. The number of ether oxygens (including phenoxy) is 2. The molecule has 1 heterocycles. The number of nitrogens with one attached hydrogen (secondary N) is 1. The van der Waals surface area contributed by atoms with Crippen LogP contribution in [-0.4, -0.2) is 29.7 Å². The first kappa shape index (κ1) is 20.2. The molecular weight excluding hydrogens is 396 g/mol. The Balaban J connectivity index is 1.51. The predicted octanol–water partition coefficient (Wildman–Crippen LogP) is 3.79. The van der Waals surface area contributed by atoms with E-state index >= 15 is 0 Å². The first-order chi connectivity index (χ1) is 15.1. The van der Waals surface area contributed by atoms with Gasteiger partial charge in [-0.15, -0.1) is 0 Å². The van der Waals surface area contributed by atoms with Crippen LogP contribution < -0.4 is 5.32 Å². The summed E-state index contributed by atoms with van der Waals surface area (Å²) < 4.78 is 10.1. The van der Waals surface area contributed by atoms with E-state index in [0.29, 0.717) is 11.1 Å². The summed E-state index contributed by atoms with van der Waals surface area (Å²) in [7, 11) is 0. The van der Waals surface area contributed by atoms with E-state index < -0.39 is 30.4 Å². The summed E-state index contributed by atoms with van der Waals surface area (Å²) in [6.07, 6.45) is -0.971. The lowest BCUT2D eigenvalue weighted by Crippen LogP contribution is -2.45. The molecule has 0 radical (unpaired) electrons. The number of nitrogens with zero attached hydrogens (tertiary/aromatic N) is 1. The summed E-state index contributed by atoms with van der Waals surface area (Å²) in [5.41, 5.74) is 0.598. The SMILES string of the molecule is O=C(OCc1ccccc1)OCN1C(=O)NC(c2ccccc2)(c2ccccc2)C1=O. The van der Waals surface area contributed by atoms with E-state index in [0.717, 1.165) is 10.5 Å². The Labute approximate surface area is 179 Å². The van der Waals surface area contributed by atoms with Crippen molar-refractivity contribution in [3.05, 3.63) is 108 Å². The molecule has 0 atom stereocenters. The van der Waals surface area contributed by atoms with Crippen molar-refractivity contribution in [2.75, 3.05) is 6.73 Å². The maximum atomic E-state index is 13.4. The summed E-state index contributed by atoms with van der Waals surface area (Å²) >= 11 is 0. The normalized spacial score (nSPS) is 14.8. The summed E-state index contributed by atoms with van der Waals surface area (Å²) in [6, 6.07) is 26.3. The van der Waals surface area contributed by atoms with E-state index in [2.05, 4.69) is 5.32 Å². The Kier molecular flexibility index (Phi) is 5.66.